The van der Waals surface area contributed by atoms with E-state index in [-0.39, 0.29) is 12.4 Å². The van der Waals surface area contributed by atoms with Crippen molar-refractivity contribution in [3.8, 4) is 0 Å². The van der Waals surface area contributed by atoms with Crippen molar-refractivity contribution in [2.45, 2.75) is 20.0 Å². The highest BCUT2D eigenvalue weighted by Crippen LogP contribution is 2.19. The lowest BCUT2D eigenvalue weighted by Gasteiger charge is -2.15. The number of aliphatic hydroxyl groups is 1. The first-order valence-electron chi connectivity index (χ1n) is 6.10. The lowest BCUT2D eigenvalue weighted by atomic mass is 10.3. The molecule has 1 N–H and O–H groups in total. The number of para-hydroxylation sites is 1. The third-order valence-corrected chi connectivity index (χ3v) is 3.02. The third-order valence-electron chi connectivity index (χ3n) is 3.02. The van der Waals surface area contributed by atoms with E-state index in [1.54, 1.807) is 6.07 Å². The van der Waals surface area contributed by atoms with Crippen LogP contribution in [0, 0.1) is 5.82 Å². The first kappa shape index (κ1) is 13.0. The number of likely N-dealkylation sites (N-methyl/N-ethyl adjacent to an activating group) is 1. The molecule has 0 unspecified atom stereocenters. The van der Waals surface area contributed by atoms with Gasteiger partial charge in [-0.15, -0.1) is 0 Å². The van der Waals surface area contributed by atoms with Crippen LogP contribution in [-0.2, 0) is 13.1 Å². The van der Waals surface area contributed by atoms with Gasteiger partial charge in [0, 0.05) is 13.1 Å². The summed E-state index contributed by atoms with van der Waals surface area (Å²) in [4.78, 5) is 6.33. The molecule has 0 radical (unpaired) electrons. The minimum absolute atomic E-state index is 0.108. The second kappa shape index (κ2) is 5.46. The van der Waals surface area contributed by atoms with E-state index in [1.165, 1.54) is 6.07 Å². The number of hydrogen-bond acceptors (Lipinski definition) is 3. The SMILES string of the molecule is CCn1c(CN(C)CCO)nc2c(F)cccc21. The Kier molecular flexibility index (Phi) is 3.93. The Morgan fingerprint density at radius 3 is 2.89 bits per heavy atom. The van der Waals surface area contributed by atoms with Crippen LogP contribution in [0.3, 0.4) is 0 Å². The van der Waals surface area contributed by atoms with Gasteiger partial charge in [0.1, 0.15) is 11.3 Å². The van der Waals surface area contributed by atoms with Gasteiger partial charge in [-0.05, 0) is 26.1 Å². The van der Waals surface area contributed by atoms with Crippen LogP contribution in [0.1, 0.15) is 12.7 Å². The van der Waals surface area contributed by atoms with E-state index in [1.807, 2.05) is 29.5 Å². The second-order valence-electron chi connectivity index (χ2n) is 4.34. The van der Waals surface area contributed by atoms with Crippen LogP contribution < -0.4 is 0 Å². The molecule has 1 aromatic carbocycles. The number of benzene rings is 1. The molecule has 0 saturated heterocycles. The molecule has 0 atom stereocenters. The Bertz CT molecular complexity index is 538. The average Bonchev–Trinajstić information content (AvgIpc) is 2.68. The van der Waals surface area contributed by atoms with Gasteiger partial charge in [0.05, 0.1) is 18.7 Å². The maximum atomic E-state index is 13.7. The lowest BCUT2D eigenvalue weighted by molar-refractivity contribution is 0.213. The predicted molar refractivity (Wildman–Crippen MR) is 68.8 cm³/mol. The minimum atomic E-state index is -0.286. The number of imidazole rings is 1. The molecule has 2 rings (SSSR count). The fraction of sp³-hybridized carbons (Fsp3) is 0.462. The summed E-state index contributed by atoms with van der Waals surface area (Å²) in [5.74, 6) is 0.541. The summed E-state index contributed by atoms with van der Waals surface area (Å²) in [7, 11) is 1.91. The summed E-state index contributed by atoms with van der Waals surface area (Å²) < 4.78 is 15.7. The van der Waals surface area contributed by atoms with Crippen molar-refractivity contribution in [2.24, 2.45) is 0 Å². The van der Waals surface area contributed by atoms with E-state index >= 15 is 0 Å². The van der Waals surface area contributed by atoms with E-state index < -0.39 is 0 Å². The number of aliphatic hydroxyl groups excluding tert-OH is 1. The molecule has 1 aromatic heterocycles. The largest absolute Gasteiger partial charge is 0.395 e. The normalized spacial score (nSPS) is 11.6. The van der Waals surface area contributed by atoms with Gasteiger partial charge in [0.15, 0.2) is 5.82 Å². The third kappa shape index (κ3) is 2.37. The van der Waals surface area contributed by atoms with Crippen molar-refractivity contribution in [2.75, 3.05) is 20.2 Å². The van der Waals surface area contributed by atoms with Gasteiger partial charge >= 0.3 is 0 Å². The minimum Gasteiger partial charge on any atom is -0.395 e. The summed E-state index contributed by atoms with van der Waals surface area (Å²) in [6.07, 6.45) is 0. The number of hydrogen-bond donors (Lipinski definition) is 1. The van der Waals surface area contributed by atoms with Crippen LogP contribution in [0.25, 0.3) is 11.0 Å². The van der Waals surface area contributed by atoms with Gasteiger partial charge < -0.3 is 9.67 Å². The molecule has 0 aliphatic rings. The summed E-state index contributed by atoms with van der Waals surface area (Å²) in [6.45, 7) is 4.05. The van der Waals surface area contributed by atoms with E-state index in [9.17, 15) is 4.39 Å². The zero-order valence-electron chi connectivity index (χ0n) is 10.7. The van der Waals surface area contributed by atoms with E-state index in [4.69, 9.17) is 5.11 Å². The average molecular weight is 251 g/mol. The van der Waals surface area contributed by atoms with Crippen molar-refractivity contribution in [1.29, 1.82) is 0 Å². The number of halogens is 1. The van der Waals surface area contributed by atoms with Crippen LogP contribution in [-0.4, -0.2) is 39.8 Å². The second-order valence-corrected chi connectivity index (χ2v) is 4.34. The Morgan fingerprint density at radius 2 is 2.22 bits per heavy atom. The number of fused-ring (bicyclic) bond motifs is 1. The van der Waals surface area contributed by atoms with Crippen LogP contribution in [0.15, 0.2) is 18.2 Å². The molecule has 98 valence electrons. The highest BCUT2D eigenvalue weighted by Gasteiger charge is 2.13. The van der Waals surface area contributed by atoms with Crippen molar-refractivity contribution >= 4 is 11.0 Å². The molecule has 0 spiro atoms. The molecule has 4 nitrogen and oxygen atoms in total. The summed E-state index contributed by atoms with van der Waals surface area (Å²) in [5, 5.41) is 8.90. The van der Waals surface area contributed by atoms with Gasteiger partial charge in [-0.2, -0.15) is 0 Å². The fourth-order valence-corrected chi connectivity index (χ4v) is 2.13. The van der Waals surface area contributed by atoms with Crippen LogP contribution in [0.5, 0.6) is 0 Å². The Labute approximate surface area is 106 Å². The number of aromatic nitrogens is 2. The van der Waals surface area contributed by atoms with Crippen molar-refractivity contribution in [3.63, 3.8) is 0 Å². The van der Waals surface area contributed by atoms with Crippen molar-refractivity contribution < 1.29 is 9.50 Å². The first-order valence-corrected chi connectivity index (χ1v) is 6.10. The summed E-state index contributed by atoms with van der Waals surface area (Å²) >= 11 is 0. The molecule has 5 heteroatoms. The Morgan fingerprint density at radius 1 is 1.44 bits per heavy atom. The zero-order valence-corrected chi connectivity index (χ0v) is 10.7. The highest BCUT2D eigenvalue weighted by molar-refractivity contribution is 5.76. The molecule has 0 bridgehead atoms. The van der Waals surface area contributed by atoms with E-state index in [0.717, 1.165) is 17.9 Å². The van der Waals surface area contributed by atoms with Crippen LogP contribution >= 0.6 is 0 Å². The summed E-state index contributed by atoms with van der Waals surface area (Å²) in [6, 6.07) is 5.01. The molecule has 0 fully saturated rings. The van der Waals surface area contributed by atoms with Crippen LogP contribution in [0.4, 0.5) is 4.39 Å². The Hall–Kier alpha value is -1.46. The van der Waals surface area contributed by atoms with Crippen molar-refractivity contribution in [3.05, 3.63) is 29.8 Å². The predicted octanol–water partition coefficient (Wildman–Crippen LogP) is 1.62. The topological polar surface area (TPSA) is 41.3 Å². The van der Waals surface area contributed by atoms with Crippen molar-refractivity contribution in [1.82, 2.24) is 14.5 Å². The van der Waals surface area contributed by atoms with E-state index in [2.05, 4.69) is 4.98 Å². The van der Waals surface area contributed by atoms with Crippen LogP contribution in [0.2, 0.25) is 0 Å². The Balaban J connectivity index is 2.41. The zero-order chi connectivity index (χ0) is 13.1. The molecule has 1 heterocycles. The first-order chi connectivity index (χ1) is 8.67. The van der Waals surface area contributed by atoms with Gasteiger partial charge in [-0.1, -0.05) is 6.07 Å². The van der Waals surface area contributed by atoms with Gasteiger partial charge in [-0.25, -0.2) is 9.37 Å². The number of aryl methyl sites for hydroxylation is 1. The standard InChI is InChI=1S/C13H18FN3O/c1-3-17-11-6-4-5-10(14)13(11)15-12(17)9-16(2)7-8-18/h4-6,18H,3,7-9H2,1-2H3. The molecule has 0 amide bonds. The molecule has 18 heavy (non-hydrogen) atoms. The highest BCUT2D eigenvalue weighted by atomic mass is 19.1. The number of nitrogens with zero attached hydrogens (tertiary/aromatic N) is 3. The molecular formula is C13H18FN3O. The monoisotopic (exact) mass is 251 g/mol. The molecule has 0 aliphatic heterocycles. The van der Waals surface area contributed by atoms with Gasteiger partial charge in [0.25, 0.3) is 0 Å². The maximum absolute atomic E-state index is 13.7. The smallest absolute Gasteiger partial charge is 0.151 e. The molecular weight excluding hydrogens is 233 g/mol. The molecule has 2 aromatic rings. The fourth-order valence-electron chi connectivity index (χ4n) is 2.13. The molecule has 0 saturated carbocycles. The van der Waals surface area contributed by atoms with Gasteiger partial charge in [0.2, 0.25) is 0 Å². The van der Waals surface area contributed by atoms with Gasteiger partial charge in [-0.3, -0.25) is 4.90 Å². The molecule has 0 aliphatic carbocycles. The lowest BCUT2D eigenvalue weighted by Crippen LogP contribution is -2.23. The quantitative estimate of drug-likeness (QED) is 0.878. The van der Waals surface area contributed by atoms with E-state index in [0.29, 0.717) is 18.6 Å². The number of rotatable bonds is 5. The maximum Gasteiger partial charge on any atom is 0.151 e. The summed E-state index contributed by atoms with van der Waals surface area (Å²) in [5.41, 5.74) is 1.25.